The third-order valence-corrected chi connectivity index (χ3v) is 6.61. The average Bonchev–Trinajstić information content (AvgIpc) is 2.73. The molecule has 0 spiro atoms. The van der Waals surface area contributed by atoms with Gasteiger partial charge in [0.05, 0.1) is 6.10 Å². The summed E-state index contributed by atoms with van der Waals surface area (Å²) >= 11 is -0.132. The number of rotatable bonds is 7. The highest BCUT2D eigenvalue weighted by atomic mass is 32.2. The molecule has 0 aliphatic carbocycles. The molecule has 3 aromatic carbocycles. The first-order valence-electron chi connectivity index (χ1n) is 11.4. The average molecular weight is 491 g/mol. The lowest BCUT2D eigenvalue weighted by atomic mass is 9.78. The van der Waals surface area contributed by atoms with Crippen molar-refractivity contribution in [3.8, 4) is 11.1 Å². The zero-order valence-corrected chi connectivity index (χ0v) is 20.8. The van der Waals surface area contributed by atoms with Gasteiger partial charge in [-0.3, -0.25) is 0 Å². The van der Waals surface area contributed by atoms with Crippen LogP contribution in [0.3, 0.4) is 0 Å². The van der Waals surface area contributed by atoms with E-state index >= 15 is 0 Å². The maximum atomic E-state index is 13.7. The molecule has 34 heavy (non-hydrogen) atoms. The zero-order chi connectivity index (χ0) is 25.2. The first-order chi connectivity index (χ1) is 15.9. The van der Waals surface area contributed by atoms with Gasteiger partial charge in [0.25, 0.3) is 0 Å². The van der Waals surface area contributed by atoms with E-state index in [0.29, 0.717) is 6.42 Å². The number of halogens is 4. The third kappa shape index (κ3) is 6.22. The fourth-order valence-electron chi connectivity index (χ4n) is 4.38. The van der Waals surface area contributed by atoms with E-state index in [1.807, 2.05) is 0 Å². The summed E-state index contributed by atoms with van der Waals surface area (Å²) in [5.41, 5.74) is 2.18. The van der Waals surface area contributed by atoms with E-state index in [1.165, 1.54) is 24.3 Å². The molecule has 0 aliphatic heterocycles. The van der Waals surface area contributed by atoms with Crippen LogP contribution < -0.4 is 0 Å². The van der Waals surface area contributed by atoms with Gasteiger partial charge in [-0.15, -0.1) is 0 Å². The summed E-state index contributed by atoms with van der Waals surface area (Å²) in [5, 5.41) is 10.8. The summed E-state index contributed by atoms with van der Waals surface area (Å²) in [6, 6.07) is 14.8. The van der Waals surface area contributed by atoms with Crippen LogP contribution >= 0.6 is 11.8 Å². The van der Waals surface area contributed by atoms with Gasteiger partial charge in [0.2, 0.25) is 0 Å². The molecular formula is C28H30F4OS. The molecule has 0 aliphatic rings. The summed E-state index contributed by atoms with van der Waals surface area (Å²) in [4.78, 5) is 0.138. The second-order valence-electron chi connectivity index (χ2n) is 9.18. The van der Waals surface area contributed by atoms with Crippen molar-refractivity contribution in [1.29, 1.82) is 0 Å². The Morgan fingerprint density at radius 1 is 0.824 bits per heavy atom. The standard InChI is InChI=1S/C28H30F4OS/c1-16(2)23-15-24(17(3)4)26(18(5)33)27(20-8-10-21(29)11-9-20)25(23)14-19-6-12-22(13-7-19)34-28(30,31)32/h6-13,15-18,33H,14H2,1-5H3. The van der Waals surface area contributed by atoms with Gasteiger partial charge < -0.3 is 5.11 Å². The van der Waals surface area contributed by atoms with Crippen LogP contribution in [0, 0.1) is 5.82 Å². The highest BCUT2D eigenvalue weighted by Gasteiger charge is 2.29. The molecule has 182 valence electrons. The maximum Gasteiger partial charge on any atom is 0.446 e. The van der Waals surface area contributed by atoms with Crippen molar-refractivity contribution < 1.29 is 22.7 Å². The van der Waals surface area contributed by atoms with Crippen LogP contribution in [0.4, 0.5) is 17.6 Å². The SMILES string of the molecule is CC(C)c1cc(C(C)C)c(C(C)O)c(-c2ccc(F)cc2)c1Cc1ccc(SC(F)(F)F)cc1. The highest BCUT2D eigenvalue weighted by Crippen LogP contribution is 2.42. The molecule has 1 nitrogen and oxygen atoms in total. The molecule has 6 heteroatoms. The van der Waals surface area contributed by atoms with Gasteiger partial charge in [0.15, 0.2) is 0 Å². The molecular weight excluding hydrogens is 460 g/mol. The lowest BCUT2D eigenvalue weighted by molar-refractivity contribution is -0.0328. The second kappa shape index (κ2) is 10.5. The molecule has 0 amide bonds. The number of alkyl halides is 3. The van der Waals surface area contributed by atoms with Crippen molar-refractivity contribution in [2.75, 3.05) is 0 Å². The number of benzene rings is 3. The molecule has 0 bridgehead atoms. The highest BCUT2D eigenvalue weighted by molar-refractivity contribution is 8.00. The number of aliphatic hydroxyl groups excluding tert-OH is 1. The molecule has 0 saturated carbocycles. The van der Waals surface area contributed by atoms with E-state index < -0.39 is 11.6 Å². The number of hydrogen-bond acceptors (Lipinski definition) is 2. The smallest absolute Gasteiger partial charge is 0.389 e. The molecule has 0 fully saturated rings. The van der Waals surface area contributed by atoms with E-state index in [2.05, 4.69) is 33.8 Å². The number of hydrogen-bond donors (Lipinski definition) is 1. The van der Waals surface area contributed by atoms with E-state index in [4.69, 9.17) is 0 Å². The van der Waals surface area contributed by atoms with E-state index in [1.54, 1.807) is 31.2 Å². The molecule has 0 saturated heterocycles. The van der Waals surface area contributed by atoms with Crippen molar-refractivity contribution in [3.05, 3.63) is 88.2 Å². The summed E-state index contributed by atoms with van der Waals surface area (Å²) in [6.45, 7) is 10.1. The molecule has 0 aromatic heterocycles. The summed E-state index contributed by atoms with van der Waals surface area (Å²) in [5.74, 6) is -0.00502. The fraction of sp³-hybridized carbons (Fsp3) is 0.357. The van der Waals surface area contributed by atoms with Gasteiger partial charge in [0.1, 0.15) is 5.82 Å². The Kier molecular flexibility index (Phi) is 8.14. The topological polar surface area (TPSA) is 20.2 Å². The van der Waals surface area contributed by atoms with Crippen LogP contribution in [0.5, 0.6) is 0 Å². The van der Waals surface area contributed by atoms with Crippen LogP contribution in [0.15, 0.2) is 59.5 Å². The predicted molar refractivity (Wildman–Crippen MR) is 132 cm³/mol. The van der Waals surface area contributed by atoms with Crippen LogP contribution in [0.25, 0.3) is 11.1 Å². The third-order valence-electron chi connectivity index (χ3n) is 5.87. The first kappa shape index (κ1) is 26.3. The van der Waals surface area contributed by atoms with Gasteiger partial charge in [-0.05, 0) is 100 Å². The van der Waals surface area contributed by atoms with Crippen LogP contribution in [0.2, 0.25) is 0 Å². The van der Waals surface area contributed by atoms with Gasteiger partial charge in [0, 0.05) is 4.90 Å². The molecule has 3 rings (SSSR count). The second-order valence-corrected chi connectivity index (χ2v) is 10.3. The number of thioether (sulfide) groups is 1. The zero-order valence-electron chi connectivity index (χ0n) is 20.0. The van der Waals surface area contributed by atoms with Gasteiger partial charge in [-0.1, -0.05) is 58.0 Å². The van der Waals surface area contributed by atoms with E-state index in [-0.39, 0.29) is 34.3 Å². The number of aliphatic hydroxyl groups is 1. The Morgan fingerprint density at radius 3 is 1.85 bits per heavy atom. The fourth-order valence-corrected chi connectivity index (χ4v) is 4.92. The Hall–Kier alpha value is -2.31. The predicted octanol–water partition coefficient (Wildman–Crippen LogP) is 9.00. The maximum absolute atomic E-state index is 13.7. The summed E-state index contributed by atoms with van der Waals surface area (Å²) in [6.07, 6.45) is -0.266. The summed E-state index contributed by atoms with van der Waals surface area (Å²) in [7, 11) is 0. The quantitative estimate of drug-likeness (QED) is 0.263. The molecule has 3 aromatic rings. The lowest BCUT2D eigenvalue weighted by Gasteiger charge is -2.27. The Balaban J connectivity index is 2.23. The Morgan fingerprint density at radius 2 is 1.38 bits per heavy atom. The monoisotopic (exact) mass is 490 g/mol. The molecule has 0 radical (unpaired) electrons. The van der Waals surface area contributed by atoms with Crippen LogP contribution in [-0.4, -0.2) is 10.6 Å². The van der Waals surface area contributed by atoms with Crippen molar-refractivity contribution >= 4 is 11.8 Å². The van der Waals surface area contributed by atoms with Crippen molar-refractivity contribution in [2.45, 2.75) is 69.4 Å². The minimum absolute atomic E-state index is 0.132. The van der Waals surface area contributed by atoms with Gasteiger partial charge >= 0.3 is 5.51 Å². The molecule has 1 atom stereocenters. The van der Waals surface area contributed by atoms with Gasteiger partial charge in [-0.2, -0.15) is 13.2 Å². The van der Waals surface area contributed by atoms with E-state index in [0.717, 1.165) is 38.9 Å². The normalized spacial score (nSPS) is 13.1. The van der Waals surface area contributed by atoms with Crippen molar-refractivity contribution in [2.24, 2.45) is 0 Å². The lowest BCUT2D eigenvalue weighted by Crippen LogP contribution is -2.11. The molecule has 0 heterocycles. The minimum Gasteiger partial charge on any atom is -0.389 e. The largest absolute Gasteiger partial charge is 0.446 e. The van der Waals surface area contributed by atoms with Crippen LogP contribution in [0.1, 0.15) is 80.4 Å². The molecule has 1 unspecified atom stereocenters. The Labute approximate surface area is 203 Å². The minimum atomic E-state index is -4.33. The van der Waals surface area contributed by atoms with Gasteiger partial charge in [-0.25, -0.2) is 4.39 Å². The van der Waals surface area contributed by atoms with E-state index in [9.17, 15) is 22.7 Å². The van der Waals surface area contributed by atoms with Crippen molar-refractivity contribution in [3.63, 3.8) is 0 Å². The van der Waals surface area contributed by atoms with Crippen LogP contribution in [-0.2, 0) is 6.42 Å². The first-order valence-corrected chi connectivity index (χ1v) is 12.2. The Bertz CT molecular complexity index is 1120. The molecule has 1 N–H and O–H groups in total. The van der Waals surface area contributed by atoms with Crippen molar-refractivity contribution in [1.82, 2.24) is 0 Å². The summed E-state index contributed by atoms with van der Waals surface area (Å²) < 4.78 is 52.0.